The highest BCUT2D eigenvalue weighted by atomic mass is 32.2. The molecule has 0 radical (unpaired) electrons. The number of nitrogens with zero attached hydrogens (tertiary/aromatic N) is 1. The Morgan fingerprint density at radius 2 is 1.68 bits per heavy atom. The molecule has 3 aromatic carbocycles. The fourth-order valence-corrected chi connectivity index (χ4v) is 5.44. The Bertz CT molecular complexity index is 1210. The zero-order valence-corrected chi connectivity index (χ0v) is 20.9. The van der Waals surface area contributed by atoms with E-state index in [2.05, 4.69) is 5.32 Å². The largest absolute Gasteiger partial charge is 0.497 e. The van der Waals surface area contributed by atoms with E-state index in [1.54, 1.807) is 26.2 Å². The molecule has 0 aromatic heterocycles. The van der Waals surface area contributed by atoms with Crippen molar-refractivity contribution in [1.29, 1.82) is 0 Å². The zero-order chi connectivity index (χ0) is 24.7. The highest BCUT2D eigenvalue weighted by Crippen LogP contribution is 2.22. The van der Waals surface area contributed by atoms with Gasteiger partial charge in [-0.05, 0) is 67.6 Å². The first-order valence-electron chi connectivity index (χ1n) is 11.3. The van der Waals surface area contributed by atoms with E-state index in [-0.39, 0.29) is 29.9 Å². The van der Waals surface area contributed by atoms with Crippen LogP contribution in [0.15, 0.2) is 77.7 Å². The quantitative estimate of drug-likeness (QED) is 0.466. The Balaban J connectivity index is 1.80. The second kappa shape index (κ2) is 11.3. The lowest BCUT2D eigenvalue weighted by molar-refractivity contribution is -0.121. The van der Waals surface area contributed by atoms with Gasteiger partial charge in [-0.15, -0.1) is 0 Å². The van der Waals surface area contributed by atoms with Crippen LogP contribution < -0.4 is 10.1 Å². The SMILES string of the molecule is COc1ccc([C@H](C)NC(=O)CN(CCc2ccccc2)S(=O)(=O)c2cc(C)ccc2C)cc1. The monoisotopic (exact) mass is 480 g/mol. The number of amides is 1. The fourth-order valence-electron chi connectivity index (χ4n) is 3.73. The molecule has 0 saturated carbocycles. The number of aryl methyl sites for hydroxylation is 2. The lowest BCUT2D eigenvalue weighted by atomic mass is 10.1. The van der Waals surface area contributed by atoms with Gasteiger partial charge in [0.1, 0.15) is 5.75 Å². The molecule has 1 amide bonds. The third-order valence-electron chi connectivity index (χ3n) is 5.77. The molecule has 3 rings (SSSR count). The van der Waals surface area contributed by atoms with E-state index in [4.69, 9.17) is 4.74 Å². The van der Waals surface area contributed by atoms with Gasteiger partial charge in [0.25, 0.3) is 0 Å². The van der Waals surface area contributed by atoms with Gasteiger partial charge in [-0.1, -0.05) is 54.6 Å². The van der Waals surface area contributed by atoms with Crippen LogP contribution in [0.4, 0.5) is 0 Å². The average Bonchev–Trinajstić information content (AvgIpc) is 2.83. The molecule has 180 valence electrons. The first kappa shape index (κ1) is 25.5. The van der Waals surface area contributed by atoms with E-state index in [0.29, 0.717) is 12.0 Å². The fraction of sp³-hybridized carbons (Fsp3) is 0.296. The number of methoxy groups -OCH3 is 1. The maximum absolute atomic E-state index is 13.6. The minimum atomic E-state index is -3.87. The summed E-state index contributed by atoms with van der Waals surface area (Å²) in [6.45, 7) is 5.43. The molecule has 1 N–H and O–H groups in total. The van der Waals surface area contributed by atoms with Crippen molar-refractivity contribution >= 4 is 15.9 Å². The van der Waals surface area contributed by atoms with Crippen LogP contribution in [0, 0.1) is 13.8 Å². The van der Waals surface area contributed by atoms with Crippen LogP contribution in [0.5, 0.6) is 5.75 Å². The Labute approximate surface area is 202 Å². The van der Waals surface area contributed by atoms with Crippen molar-refractivity contribution in [1.82, 2.24) is 9.62 Å². The van der Waals surface area contributed by atoms with Crippen molar-refractivity contribution in [3.05, 3.63) is 95.1 Å². The molecule has 0 bridgehead atoms. The van der Waals surface area contributed by atoms with Gasteiger partial charge in [-0.3, -0.25) is 4.79 Å². The number of ether oxygens (including phenoxy) is 1. The Morgan fingerprint density at radius 3 is 2.32 bits per heavy atom. The summed E-state index contributed by atoms with van der Waals surface area (Å²) in [6, 6.07) is 22.1. The number of nitrogens with one attached hydrogen (secondary N) is 1. The average molecular weight is 481 g/mol. The summed E-state index contributed by atoms with van der Waals surface area (Å²) >= 11 is 0. The molecule has 0 aliphatic rings. The Morgan fingerprint density at radius 1 is 1.00 bits per heavy atom. The molecule has 0 aliphatic carbocycles. The molecular formula is C27H32N2O4S. The van der Waals surface area contributed by atoms with Crippen molar-refractivity contribution < 1.29 is 17.9 Å². The molecule has 0 aliphatic heterocycles. The minimum Gasteiger partial charge on any atom is -0.497 e. The number of hydrogen-bond acceptors (Lipinski definition) is 4. The summed E-state index contributed by atoms with van der Waals surface area (Å²) in [4.78, 5) is 13.2. The Kier molecular flexibility index (Phi) is 8.47. The molecule has 0 heterocycles. The van der Waals surface area contributed by atoms with Gasteiger partial charge in [0.2, 0.25) is 15.9 Å². The van der Waals surface area contributed by atoms with Gasteiger partial charge in [-0.2, -0.15) is 4.31 Å². The van der Waals surface area contributed by atoms with Gasteiger partial charge < -0.3 is 10.1 Å². The predicted molar refractivity (Wildman–Crippen MR) is 134 cm³/mol. The molecule has 7 heteroatoms. The lowest BCUT2D eigenvalue weighted by Crippen LogP contribution is -2.42. The molecule has 0 saturated heterocycles. The maximum atomic E-state index is 13.6. The first-order valence-corrected chi connectivity index (χ1v) is 12.7. The van der Waals surface area contributed by atoms with Crippen LogP contribution in [0.25, 0.3) is 0 Å². The molecule has 0 fully saturated rings. The molecule has 0 unspecified atom stereocenters. The van der Waals surface area contributed by atoms with Crippen LogP contribution in [-0.4, -0.2) is 38.8 Å². The summed E-state index contributed by atoms with van der Waals surface area (Å²) < 4.78 is 33.7. The van der Waals surface area contributed by atoms with Gasteiger partial charge >= 0.3 is 0 Å². The van der Waals surface area contributed by atoms with E-state index in [0.717, 1.165) is 22.4 Å². The molecule has 6 nitrogen and oxygen atoms in total. The van der Waals surface area contributed by atoms with Crippen LogP contribution in [0.1, 0.15) is 35.2 Å². The molecule has 3 aromatic rings. The minimum absolute atomic E-state index is 0.198. The summed E-state index contributed by atoms with van der Waals surface area (Å²) in [5.74, 6) is 0.374. The van der Waals surface area contributed by atoms with Crippen molar-refractivity contribution in [2.75, 3.05) is 20.2 Å². The number of rotatable bonds is 10. The maximum Gasteiger partial charge on any atom is 0.243 e. The van der Waals surface area contributed by atoms with Crippen LogP contribution in [0.3, 0.4) is 0 Å². The summed E-state index contributed by atoms with van der Waals surface area (Å²) in [5.41, 5.74) is 3.42. The number of benzene rings is 3. The number of hydrogen-bond donors (Lipinski definition) is 1. The predicted octanol–water partition coefficient (Wildman–Crippen LogP) is 4.42. The molecule has 0 spiro atoms. The first-order chi connectivity index (χ1) is 16.2. The van der Waals surface area contributed by atoms with E-state index in [9.17, 15) is 13.2 Å². The molecular weight excluding hydrogens is 448 g/mol. The summed E-state index contributed by atoms with van der Waals surface area (Å²) in [7, 11) is -2.28. The lowest BCUT2D eigenvalue weighted by Gasteiger charge is -2.24. The second-order valence-electron chi connectivity index (χ2n) is 8.41. The normalized spacial score (nSPS) is 12.4. The van der Waals surface area contributed by atoms with Crippen molar-refractivity contribution in [2.45, 2.75) is 38.1 Å². The molecule has 34 heavy (non-hydrogen) atoms. The molecule has 1 atom stereocenters. The van der Waals surface area contributed by atoms with Crippen molar-refractivity contribution in [3.63, 3.8) is 0 Å². The smallest absolute Gasteiger partial charge is 0.243 e. The van der Waals surface area contributed by atoms with Gasteiger partial charge in [0, 0.05) is 6.54 Å². The van der Waals surface area contributed by atoms with Gasteiger partial charge in [0.05, 0.1) is 24.6 Å². The van der Waals surface area contributed by atoms with E-state index < -0.39 is 10.0 Å². The van der Waals surface area contributed by atoms with Crippen LogP contribution in [-0.2, 0) is 21.2 Å². The zero-order valence-electron chi connectivity index (χ0n) is 20.1. The Hall–Kier alpha value is -3.16. The summed E-state index contributed by atoms with van der Waals surface area (Å²) in [5, 5.41) is 2.93. The third kappa shape index (κ3) is 6.46. The highest BCUT2D eigenvalue weighted by molar-refractivity contribution is 7.89. The van der Waals surface area contributed by atoms with E-state index in [1.165, 1.54) is 4.31 Å². The van der Waals surface area contributed by atoms with Crippen molar-refractivity contribution in [2.24, 2.45) is 0 Å². The third-order valence-corrected chi connectivity index (χ3v) is 7.75. The topological polar surface area (TPSA) is 75.7 Å². The second-order valence-corrected chi connectivity index (χ2v) is 10.3. The number of carbonyl (C=O) groups excluding carboxylic acids is 1. The standard InChI is InChI=1S/C27H32N2O4S/c1-20-10-11-21(2)26(18-20)34(31,32)29(17-16-23-8-6-5-7-9-23)19-27(30)28-22(3)24-12-14-25(33-4)15-13-24/h5-15,18,22H,16-17,19H2,1-4H3,(H,28,30)/t22-/m0/s1. The van der Waals surface area contributed by atoms with Crippen LogP contribution >= 0.6 is 0 Å². The van der Waals surface area contributed by atoms with Gasteiger partial charge in [0.15, 0.2) is 0 Å². The van der Waals surface area contributed by atoms with Gasteiger partial charge in [-0.25, -0.2) is 8.42 Å². The van der Waals surface area contributed by atoms with Crippen LogP contribution in [0.2, 0.25) is 0 Å². The highest BCUT2D eigenvalue weighted by Gasteiger charge is 2.28. The van der Waals surface area contributed by atoms with Crippen molar-refractivity contribution in [3.8, 4) is 5.75 Å². The van der Waals surface area contributed by atoms with E-state index >= 15 is 0 Å². The number of carbonyl (C=O) groups is 1. The summed E-state index contributed by atoms with van der Waals surface area (Å²) in [6.07, 6.45) is 0.506. The number of sulfonamides is 1. The van der Waals surface area contributed by atoms with E-state index in [1.807, 2.05) is 74.5 Å².